The van der Waals surface area contributed by atoms with E-state index < -0.39 is 0 Å². The lowest BCUT2D eigenvalue weighted by Crippen LogP contribution is -2.22. The molecule has 0 aromatic heterocycles. The lowest BCUT2D eigenvalue weighted by Gasteiger charge is -2.32. The van der Waals surface area contributed by atoms with Crippen molar-refractivity contribution < 1.29 is 0 Å². The van der Waals surface area contributed by atoms with Crippen LogP contribution < -0.4 is 0 Å². The SMILES string of the molecule is Cc1ccc(CC2=CC(Cl)CC(C)(C)C2)cc1C. The maximum atomic E-state index is 6.34. The van der Waals surface area contributed by atoms with Crippen LogP contribution in [0.15, 0.2) is 29.8 Å². The summed E-state index contributed by atoms with van der Waals surface area (Å²) in [5, 5.41) is 0.204. The molecule has 98 valence electrons. The first-order valence-corrected chi connectivity index (χ1v) is 7.19. The van der Waals surface area contributed by atoms with Gasteiger partial charge in [0.25, 0.3) is 0 Å². The van der Waals surface area contributed by atoms with E-state index in [0.717, 1.165) is 12.8 Å². The highest BCUT2D eigenvalue weighted by atomic mass is 35.5. The zero-order chi connectivity index (χ0) is 13.3. The smallest absolute Gasteiger partial charge is 0.0523 e. The second-order valence-electron chi connectivity index (χ2n) is 6.48. The van der Waals surface area contributed by atoms with E-state index in [0.29, 0.717) is 5.41 Å². The number of allylic oxidation sites excluding steroid dienone is 2. The normalized spacial score (nSPS) is 22.7. The Kier molecular flexibility index (Phi) is 3.87. The fraction of sp³-hybridized carbons (Fsp3) is 0.529. The van der Waals surface area contributed by atoms with Crippen molar-refractivity contribution in [3.63, 3.8) is 0 Å². The van der Waals surface area contributed by atoms with E-state index in [4.69, 9.17) is 11.6 Å². The molecular weight excluding hydrogens is 240 g/mol. The second kappa shape index (κ2) is 5.09. The molecule has 1 aliphatic rings. The molecule has 0 amide bonds. The molecule has 1 aliphatic carbocycles. The molecule has 0 N–H and O–H groups in total. The molecule has 1 unspecified atom stereocenters. The topological polar surface area (TPSA) is 0 Å². The van der Waals surface area contributed by atoms with E-state index >= 15 is 0 Å². The first-order chi connectivity index (χ1) is 8.35. The zero-order valence-corrected chi connectivity index (χ0v) is 12.6. The Labute approximate surface area is 116 Å². The molecule has 1 aromatic rings. The molecule has 0 radical (unpaired) electrons. The predicted molar refractivity (Wildman–Crippen MR) is 80.4 cm³/mol. The highest BCUT2D eigenvalue weighted by Gasteiger charge is 2.27. The average molecular weight is 263 g/mol. The molecule has 0 saturated heterocycles. The summed E-state index contributed by atoms with van der Waals surface area (Å²) in [7, 11) is 0. The maximum Gasteiger partial charge on any atom is 0.0523 e. The van der Waals surface area contributed by atoms with Crippen LogP contribution in [-0.2, 0) is 6.42 Å². The van der Waals surface area contributed by atoms with Gasteiger partial charge in [-0.3, -0.25) is 0 Å². The summed E-state index contributed by atoms with van der Waals surface area (Å²) in [6, 6.07) is 6.77. The van der Waals surface area contributed by atoms with Crippen LogP contribution in [0.1, 0.15) is 43.4 Å². The molecule has 0 heterocycles. The van der Waals surface area contributed by atoms with Crippen LogP contribution in [0.25, 0.3) is 0 Å². The van der Waals surface area contributed by atoms with Crippen LogP contribution >= 0.6 is 11.6 Å². The highest BCUT2D eigenvalue weighted by molar-refractivity contribution is 6.21. The summed E-state index contributed by atoms with van der Waals surface area (Å²) >= 11 is 6.34. The van der Waals surface area contributed by atoms with Gasteiger partial charge >= 0.3 is 0 Å². The lowest BCUT2D eigenvalue weighted by molar-refractivity contribution is 0.320. The number of alkyl halides is 1. The summed E-state index contributed by atoms with van der Waals surface area (Å²) in [5.41, 5.74) is 5.99. The molecule has 0 aliphatic heterocycles. The molecule has 0 spiro atoms. The van der Waals surface area contributed by atoms with Crippen molar-refractivity contribution in [2.45, 2.75) is 52.3 Å². The van der Waals surface area contributed by atoms with Crippen LogP contribution in [0, 0.1) is 19.3 Å². The molecule has 1 heteroatoms. The van der Waals surface area contributed by atoms with E-state index in [2.05, 4.69) is 52.0 Å². The summed E-state index contributed by atoms with van der Waals surface area (Å²) in [4.78, 5) is 0. The quantitative estimate of drug-likeness (QED) is 0.508. The van der Waals surface area contributed by atoms with Gasteiger partial charge in [0, 0.05) is 0 Å². The van der Waals surface area contributed by atoms with E-state index in [1.54, 1.807) is 0 Å². The Bertz CT molecular complexity index is 468. The molecule has 0 bridgehead atoms. The van der Waals surface area contributed by atoms with Crippen molar-refractivity contribution in [3.05, 3.63) is 46.5 Å². The van der Waals surface area contributed by atoms with E-state index in [1.165, 1.54) is 28.7 Å². The van der Waals surface area contributed by atoms with Crippen LogP contribution in [0.4, 0.5) is 0 Å². The van der Waals surface area contributed by atoms with Crippen molar-refractivity contribution in [3.8, 4) is 0 Å². The largest absolute Gasteiger partial charge is 0.118 e. The highest BCUT2D eigenvalue weighted by Crippen LogP contribution is 2.38. The molecule has 2 rings (SSSR count). The van der Waals surface area contributed by atoms with Crippen LogP contribution in [0.5, 0.6) is 0 Å². The van der Waals surface area contributed by atoms with Crippen molar-refractivity contribution in [2.75, 3.05) is 0 Å². The minimum Gasteiger partial charge on any atom is -0.118 e. The van der Waals surface area contributed by atoms with Gasteiger partial charge in [0.2, 0.25) is 0 Å². The minimum atomic E-state index is 0.204. The van der Waals surface area contributed by atoms with Crippen molar-refractivity contribution in [1.82, 2.24) is 0 Å². The lowest BCUT2D eigenvalue weighted by atomic mass is 9.76. The number of hydrogen-bond acceptors (Lipinski definition) is 0. The number of aryl methyl sites for hydroxylation is 2. The van der Waals surface area contributed by atoms with Gasteiger partial charge in [0.15, 0.2) is 0 Å². The predicted octanol–water partition coefficient (Wildman–Crippen LogP) is 5.20. The number of rotatable bonds is 2. The molecule has 0 fully saturated rings. The standard InChI is InChI=1S/C17H23Cl/c1-12-5-6-14(7-13(12)2)8-15-9-16(18)11-17(3,4)10-15/h5-7,9,16H,8,10-11H2,1-4H3. The third-order valence-corrected chi connectivity index (χ3v) is 4.15. The number of halogens is 1. The zero-order valence-electron chi connectivity index (χ0n) is 11.9. The number of benzene rings is 1. The Morgan fingerprint density at radius 3 is 2.56 bits per heavy atom. The van der Waals surface area contributed by atoms with Crippen LogP contribution in [0.3, 0.4) is 0 Å². The van der Waals surface area contributed by atoms with Gasteiger partial charge in [0.1, 0.15) is 0 Å². The first-order valence-electron chi connectivity index (χ1n) is 6.75. The van der Waals surface area contributed by atoms with Crippen molar-refractivity contribution in [1.29, 1.82) is 0 Å². The fourth-order valence-corrected chi connectivity index (χ4v) is 3.48. The van der Waals surface area contributed by atoms with E-state index in [-0.39, 0.29) is 5.38 Å². The van der Waals surface area contributed by atoms with Gasteiger partial charge in [-0.05, 0) is 55.2 Å². The molecule has 18 heavy (non-hydrogen) atoms. The monoisotopic (exact) mass is 262 g/mol. The van der Waals surface area contributed by atoms with Gasteiger partial charge in [-0.2, -0.15) is 0 Å². The summed E-state index contributed by atoms with van der Waals surface area (Å²) in [6.45, 7) is 8.98. The Hall–Kier alpha value is -0.750. The molecule has 0 saturated carbocycles. The maximum absolute atomic E-state index is 6.34. The molecule has 1 aromatic carbocycles. The minimum absolute atomic E-state index is 0.204. The van der Waals surface area contributed by atoms with Crippen molar-refractivity contribution >= 4 is 11.6 Å². The third-order valence-electron chi connectivity index (χ3n) is 3.87. The first kappa shape index (κ1) is 13.7. The summed E-state index contributed by atoms with van der Waals surface area (Å²) < 4.78 is 0. The van der Waals surface area contributed by atoms with E-state index in [9.17, 15) is 0 Å². The van der Waals surface area contributed by atoms with Gasteiger partial charge in [0.05, 0.1) is 5.38 Å². The molecule has 0 nitrogen and oxygen atoms in total. The van der Waals surface area contributed by atoms with Gasteiger partial charge < -0.3 is 0 Å². The third kappa shape index (κ3) is 3.38. The average Bonchev–Trinajstić information content (AvgIpc) is 2.20. The van der Waals surface area contributed by atoms with Crippen molar-refractivity contribution in [2.24, 2.45) is 5.41 Å². The van der Waals surface area contributed by atoms with E-state index in [1.807, 2.05) is 0 Å². The molecular formula is C17H23Cl. The van der Waals surface area contributed by atoms with Crippen LogP contribution in [-0.4, -0.2) is 5.38 Å². The second-order valence-corrected chi connectivity index (χ2v) is 7.04. The van der Waals surface area contributed by atoms with Crippen LogP contribution in [0.2, 0.25) is 0 Å². The Morgan fingerprint density at radius 1 is 1.22 bits per heavy atom. The Balaban J connectivity index is 2.16. The summed E-state index contributed by atoms with van der Waals surface area (Å²) in [5.74, 6) is 0. The molecule has 1 atom stereocenters. The fourth-order valence-electron chi connectivity index (χ4n) is 2.89. The summed E-state index contributed by atoms with van der Waals surface area (Å²) in [6.07, 6.45) is 5.57. The van der Waals surface area contributed by atoms with Gasteiger partial charge in [-0.15, -0.1) is 11.6 Å². The van der Waals surface area contributed by atoms with Gasteiger partial charge in [-0.25, -0.2) is 0 Å². The number of hydrogen-bond donors (Lipinski definition) is 0. The van der Waals surface area contributed by atoms with Gasteiger partial charge in [-0.1, -0.05) is 43.7 Å². The Morgan fingerprint density at radius 2 is 1.94 bits per heavy atom.